The zero-order valence-electron chi connectivity index (χ0n) is 9.60. The molecule has 0 spiro atoms. The van der Waals surface area contributed by atoms with Crippen molar-refractivity contribution in [3.05, 3.63) is 29.3 Å². The molecule has 0 unspecified atom stereocenters. The van der Waals surface area contributed by atoms with Crippen molar-refractivity contribution in [2.75, 3.05) is 7.11 Å². The third kappa shape index (κ3) is 4.09. The fraction of sp³-hybridized carbons (Fsp3) is 0.417. The van der Waals surface area contributed by atoms with Crippen molar-refractivity contribution >= 4 is 5.78 Å². The molecule has 0 atom stereocenters. The number of rotatable bonds is 4. The van der Waals surface area contributed by atoms with Crippen LogP contribution in [0.15, 0.2) is 18.2 Å². The van der Waals surface area contributed by atoms with Crippen molar-refractivity contribution in [1.82, 2.24) is 0 Å². The van der Waals surface area contributed by atoms with Crippen LogP contribution in [0.2, 0.25) is 0 Å². The molecule has 0 amide bonds. The Hall–Kier alpha value is -1.52. The smallest absolute Gasteiger partial charge is 0.389 e. The summed E-state index contributed by atoms with van der Waals surface area (Å²) < 4.78 is 40.9. The molecule has 2 nitrogen and oxygen atoms in total. The van der Waals surface area contributed by atoms with Crippen LogP contribution >= 0.6 is 0 Å². The Kier molecular flexibility index (Phi) is 4.15. The summed E-state index contributed by atoms with van der Waals surface area (Å²) >= 11 is 0. The molecule has 17 heavy (non-hydrogen) atoms. The second kappa shape index (κ2) is 5.21. The van der Waals surface area contributed by atoms with E-state index in [1.807, 2.05) is 0 Å². The first-order valence-corrected chi connectivity index (χ1v) is 5.08. The molecule has 0 radical (unpaired) electrons. The first kappa shape index (κ1) is 13.5. The number of aryl methyl sites for hydroxylation is 1. The van der Waals surface area contributed by atoms with Gasteiger partial charge in [-0.3, -0.25) is 4.79 Å². The van der Waals surface area contributed by atoms with Crippen molar-refractivity contribution in [3.8, 4) is 5.75 Å². The molecule has 0 bridgehead atoms. The zero-order chi connectivity index (χ0) is 13.1. The molecule has 94 valence electrons. The fourth-order valence-corrected chi connectivity index (χ4v) is 1.45. The largest absolute Gasteiger partial charge is 0.496 e. The number of hydrogen-bond acceptors (Lipinski definition) is 2. The van der Waals surface area contributed by atoms with Crippen molar-refractivity contribution in [3.63, 3.8) is 0 Å². The van der Waals surface area contributed by atoms with E-state index in [4.69, 9.17) is 4.74 Å². The van der Waals surface area contributed by atoms with Crippen molar-refractivity contribution in [2.45, 2.75) is 25.9 Å². The van der Waals surface area contributed by atoms with Crippen LogP contribution in [0.5, 0.6) is 5.75 Å². The molecular formula is C12H13F3O2. The number of ether oxygens (including phenoxy) is 1. The van der Waals surface area contributed by atoms with E-state index in [1.165, 1.54) is 19.2 Å². The number of carbonyl (C=O) groups excluding carboxylic acids is 1. The van der Waals surface area contributed by atoms with Crippen LogP contribution in [0.1, 0.15) is 28.8 Å². The van der Waals surface area contributed by atoms with Gasteiger partial charge in [-0.2, -0.15) is 13.2 Å². The molecule has 0 aliphatic rings. The summed E-state index contributed by atoms with van der Waals surface area (Å²) in [5.74, 6) is 0.102. The lowest BCUT2D eigenvalue weighted by atomic mass is 10.0. The average molecular weight is 246 g/mol. The Morgan fingerprint density at radius 2 is 2.00 bits per heavy atom. The maximum atomic E-state index is 12.0. The van der Waals surface area contributed by atoms with Crippen molar-refractivity contribution in [1.29, 1.82) is 0 Å². The van der Waals surface area contributed by atoms with Gasteiger partial charge in [-0.05, 0) is 30.7 Å². The highest BCUT2D eigenvalue weighted by molar-refractivity contribution is 5.96. The summed E-state index contributed by atoms with van der Waals surface area (Å²) in [4.78, 5) is 11.5. The number of hydrogen-bond donors (Lipinski definition) is 0. The molecule has 0 aromatic heterocycles. The topological polar surface area (TPSA) is 26.3 Å². The van der Waals surface area contributed by atoms with Gasteiger partial charge in [-0.1, -0.05) is 0 Å². The maximum absolute atomic E-state index is 12.0. The van der Waals surface area contributed by atoms with Gasteiger partial charge in [0.05, 0.1) is 13.5 Å². The van der Waals surface area contributed by atoms with E-state index >= 15 is 0 Å². The van der Waals surface area contributed by atoms with Gasteiger partial charge in [0.25, 0.3) is 0 Å². The summed E-state index contributed by atoms with van der Waals surface area (Å²) in [5, 5.41) is 0. The molecule has 0 heterocycles. The standard InChI is InChI=1S/C12H13F3O2/c1-8-7-9(3-4-11(8)17-2)10(16)5-6-12(13,14)15/h3-4,7H,5-6H2,1-2H3. The predicted octanol–water partition coefficient (Wildman–Crippen LogP) is 3.53. The summed E-state index contributed by atoms with van der Waals surface area (Å²) in [7, 11) is 1.49. The SMILES string of the molecule is COc1ccc(C(=O)CCC(F)(F)F)cc1C. The second-order valence-corrected chi connectivity index (χ2v) is 3.72. The highest BCUT2D eigenvalue weighted by Gasteiger charge is 2.28. The zero-order valence-corrected chi connectivity index (χ0v) is 9.60. The molecule has 0 aliphatic heterocycles. The molecule has 0 N–H and O–H groups in total. The van der Waals surface area contributed by atoms with Crippen LogP contribution in [0.3, 0.4) is 0 Å². The lowest BCUT2D eigenvalue weighted by Crippen LogP contribution is -2.11. The Balaban J connectivity index is 2.73. The Bertz CT molecular complexity index is 411. The highest BCUT2D eigenvalue weighted by Crippen LogP contribution is 2.24. The minimum Gasteiger partial charge on any atom is -0.496 e. The third-order valence-corrected chi connectivity index (χ3v) is 2.35. The van der Waals surface area contributed by atoms with E-state index in [1.54, 1.807) is 13.0 Å². The van der Waals surface area contributed by atoms with Crippen LogP contribution in [0.4, 0.5) is 13.2 Å². The van der Waals surface area contributed by atoms with Gasteiger partial charge < -0.3 is 4.74 Å². The maximum Gasteiger partial charge on any atom is 0.389 e. The summed E-state index contributed by atoms with van der Waals surface area (Å²) in [6.07, 6.45) is -5.90. The molecule has 1 aromatic rings. The van der Waals surface area contributed by atoms with Gasteiger partial charge in [-0.15, -0.1) is 0 Å². The highest BCUT2D eigenvalue weighted by atomic mass is 19.4. The van der Waals surface area contributed by atoms with Crippen LogP contribution in [-0.2, 0) is 0 Å². The van der Waals surface area contributed by atoms with Crippen molar-refractivity contribution in [2.24, 2.45) is 0 Å². The van der Waals surface area contributed by atoms with Crippen LogP contribution < -0.4 is 4.74 Å². The fourth-order valence-electron chi connectivity index (χ4n) is 1.45. The van der Waals surface area contributed by atoms with Gasteiger partial charge in [0.1, 0.15) is 5.75 Å². The molecule has 1 aromatic carbocycles. The number of ketones is 1. The Labute approximate surface area is 97.4 Å². The quantitative estimate of drug-likeness (QED) is 0.760. The van der Waals surface area contributed by atoms with E-state index < -0.39 is 24.8 Å². The van der Waals surface area contributed by atoms with E-state index in [9.17, 15) is 18.0 Å². The second-order valence-electron chi connectivity index (χ2n) is 3.72. The van der Waals surface area contributed by atoms with E-state index in [0.717, 1.165) is 5.56 Å². The van der Waals surface area contributed by atoms with Crippen LogP contribution in [-0.4, -0.2) is 19.1 Å². The Morgan fingerprint density at radius 3 is 2.47 bits per heavy atom. The van der Waals surface area contributed by atoms with E-state index in [0.29, 0.717) is 5.75 Å². The average Bonchev–Trinajstić information content (AvgIpc) is 2.24. The molecule has 0 aliphatic carbocycles. The monoisotopic (exact) mass is 246 g/mol. The van der Waals surface area contributed by atoms with Crippen molar-refractivity contribution < 1.29 is 22.7 Å². The van der Waals surface area contributed by atoms with Crippen LogP contribution in [0, 0.1) is 6.92 Å². The third-order valence-electron chi connectivity index (χ3n) is 2.35. The molecular weight excluding hydrogens is 233 g/mol. The van der Waals surface area contributed by atoms with Crippen LogP contribution in [0.25, 0.3) is 0 Å². The first-order valence-electron chi connectivity index (χ1n) is 5.08. The van der Waals surface area contributed by atoms with Gasteiger partial charge >= 0.3 is 6.18 Å². The van der Waals surface area contributed by atoms with Gasteiger partial charge in [0.2, 0.25) is 0 Å². The lowest BCUT2D eigenvalue weighted by molar-refractivity contribution is -0.133. The van der Waals surface area contributed by atoms with E-state index in [2.05, 4.69) is 0 Å². The summed E-state index contributed by atoms with van der Waals surface area (Å²) in [6, 6.07) is 4.60. The number of methoxy groups -OCH3 is 1. The first-order chi connectivity index (χ1) is 7.83. The molecule has 1 rings (SSSR count). The summed E-state index contributed by atoms with van der Waals surface area (Å²) in [5.41, 5.74) is 1.01. The van der Waals surface area contributed by atoms with Gasteiger partial charge in [0, 0.05) is 12.0 Å². The van der Waals surface area contributed by atoms with Gasteiger partial charge in [-0.25, -0.2) is 0 Å². The minimum atomic E-state index is -4.29. The normalized spacial score (nSPS) is 11.4. The minimum absolute atomic E-state index is 0.285. The molecule has 0 fully saturated rings. The molecule has 5 heteroatoms. The lowest BCUT2D eigenvalue weighted by Gasteiger charge is -2.08. The molecule has 0 saturated carbocycles. The number of halogens is 3. The predicted molar refractivity (Wildman–Crippen MR) is 57.4 cm³/mol. The van der Waals surface area contributed by atoms with E-state index in [-0.39, 0.29) is 5.56 Å². The number of benzene rings is 1. The summed E-state index contributed by atoms with van der Waals surface area (Å²) in [6.45, 7) is 1.74. The van der Waals surface area contributed by atoms with Gasteiger partial charge in [0.15, 0.2) is 5.78 Å². The molecule has 0 saturated heterocycles. The number of alkyl halides is 3. The number of carbonyl (C=O) groups is 1. The Morgan fingerprint density at radius 1 is 1.35 bits per heavy atom. The number of Topliss-reactive ketones (excluding diaryl/α,β-unsaturated/α-hetero) is 1.